The van der Waals surface area contributed by atoms with Crippen molar-refractivity contribution in [1.82, 2.24) is 15.5 Å². The first-order chi connectivity index (χ1) is 9.67. The van der Waals surface area contributed by atoms with Crippen LogP contribution < -0.4 is 5.32 Å². The largest absolute Gasteiger partial charge is 0.380 e. The number of methoxy groups -OCH3 is 1. The first-order valence-corrected chi connectivity index (χ1v) is 7.02. The fourth-order valence-electron chi connectivity index (χ4n) is 2.20. The summed E-state index contributed by atoms with van der Waals surface area (Å²) in [5, 5.41) is 7.21. The van der Waals surface area contributed by atoms with Crippen LogP contribution in [0, 0.1) is 5.82 Å². The monoisotopic (exact) mass is 341 g/mol. The van der Waals surface area contributed by atoms with E-state index in [-0.39, 0.29) is 18.0 Å². The number of ether oxygens (including phenoxy) is 1. The van der Waals surface area contributed by atoms with Gasteiger partial charge in [-0.2, -0.15) is 4.98 Å². The van der Waals surface area contributed by atoms with Crippen LogP contribution in [0.5, 0.6) is 0 Å². The molecular weight excluding hydrogens is 329 g/mol. The van der Waals surface area contributed by atoms with E-state index >= 15 is 0 Å². The molecule has 2 unspecified atom stereocenters. The molecule has 20 heavy (non-hydrogen) atoms. The normalized spacial score (nSPS) is 22.4. The van der Waals surface area contributed by atoms with Gasteiger partial charge in [-0.05, 0) is 40.5 Å². The second-order valence-corrected chi connectivity index (χ2v) is 5.49. The summed E-state index contributed by atoms with van der Waals surface area (Å²) in [5.74, 6) is 0.654. The van der Waals surface area contributed by atoms with Gasteiger partial charge < -0.3 is 14.6 Å². The lowest BCUT2D eigenvalue weighted by molar-refractivity contribution is 0.116. The molecule has 1 saturated heterocycles. The molecule has 0 saturated carbocycles. The summed E-state index contributed by atoms with van der Waals surface area (Å²) < 4.78 is 24.1. The lowest BCUT2D eigenvalue weighted by Crippen LogP contribution is -2.16. The first-order valence-electron chi connectivity index (χ1n) is 6.22. The van der Waals surface area contributed by atoms with Crippen molar-refractivity contribution >= 4 is 15.9 Å². The molecule has 3 rings (SSSR count). The molecule has 1 aromatic carbocycles. The molecule has 5 nitrogen and oxygen atoms in total. The van der Waals surface area contributed by atoms with Crippen molar-refractivity contribution in [2.75, 3.05) is 13.7 Å². The topological polar surface area (TPSA) is 60.2 Å². The second-order valence-electron chi connectivity index (χ2n) is 4.64. The van der Waals surface area contributed by atoms with E-state index < -0.39 is 0 Å². The van der Waals surface area contributed by atoms with Gasteiger partial charge >= 0.3 is 0 Å². The van der Waals surface area contributed by atoms with E-state index in [9.17, 15) is 4.39 Å². The minimum Gasteiger partial charge on any atom is -0.380 e. The van der Waals surface area contributed by atoms with Gasteiger partial charge in [0.15, 0.2) is 0 Å². The number of hydrogen-bond donors (Lipinski definition) is 1. The maximum atomic E-state index is 13.2. The fourth-order valence-corrected chi connectivity index (χ4v) is 2.58. The van der Waals surface area contributed by atoms with Crippen molar-refractivity contribution < 1.29 is 13.7 Å². The Kier molecular flexibility index (Phi) is 3.82. The maximum Gasteiger partial charge on any atom is 0.244 e. The Labute approximate surface area is 123 Å². The highest BCUT2D eigenvalue weighted by Gasteiger charge is 2.29. The second kappa shape index (κ2) is 5.59. The third-order valence-electron chi connectivity index (χ3n) is 3.34. The van der Waals surface area contributed by atoms with Gasteiger partial charge in [-0.1, -0.05) is 5.16 Å². The Balaban J connectivity index is 1.81. The van der Waals surface area contributed by atoms with Crippen LogP contribution >= 0.6 is 15.9 Å². The van der Waals surface area contributed by atoms with Crippen molar-refractivity contribution in [3.63, 3.8) is 0 Å². The van der Waals surface area contributed by atoms with Crippen LogP contribution in [0.4, 0.5) is 4.39 Å². The van der Waals surface area contributed by atoms with Crippen LogP contribution in [0.1, 0.15) is 18.4 Å². The molecule has 106 valence electrons. The third-order valence-corrected chi connectivity index (χ3v) is 3.95. The van der Waals surface area contributed by atoms with E-state index in [1.54, 1.807) is 19.2 Å². The molecule has 2 heterocycles. The summed E-state index contributed by atoms with van der Waals surface area (Å²) in [7, 11) is 1.68. The minimum absolute atomic E-state index is 0.00471. The molecule has 0 bridgehead atoms. The first kappa shape index (κ1) is 13.7. The predicted octanol–water partition coefficient (Wildman–Crippen LogP) is 2.69. The van der Waals surface area contributed by atoms with Gasteiger partial charge in [-0.25, -0.2) is 4.39 Å². The third kappa shape index (κ3) is 2.61. The van der Waals surface area contributed by atoms with Crippen molar-refractivity contribution in [3.05, 3.63) is 34.4 Å². The average molecular weight is 342 g/mol. The highest BCUT2D eigenvalue weighted by atomic mass is 79.9. The smallest absolute Gasteiger partial charge is 0.244 e. The Bertz CT molecular complexity index is 619. The van der Waals surface area contributed by atoms with Crippen LogP contribution in [0.3, 0.4) is 0 Å². The van der Waals surface area contributed by atoms with Crippen LogP contribution in [0.25, 0.3) is 11.4 Å². The maximum absolute atomic E-state index is 13.2. The molecule has 2 atom stereocenters. The van der Waals surface area contributed by atoms with Crippen LogP contribution in [0.2, 0.25) is 0 Å². The van der Waals surface area contributed by atoms with Crippen LogP contribution in [-0.4, -0.2) is 29.9 Å². The van der Waals surface area contributed by atoms with Crippen LogP contribution in [0.15, 0.2) is 27.2 Å². The van der Waals surface area contributed by atoms with Gasteiger partial charge in [0, 0.05) is 19.2 Å². The molecule has 0 aliphatic carbocycles. The van der Waals surface area contributed by atoms with Crippen molar-refractivity contribution in [3.8, 4) is 11.4 Å². The molecule has 1 aliphatic rings. The minimum atomic E-state index is -0.321. The molecule has 7 heteroatoms. The number of hydrogen-bond acceptors (Lipinski definition) is 5. The van der Waals surface area contributed by atoms with Gasteiger partial charge in [-0.15, -0.1) is 0 Å². The van der Waals surface area contributed by atoms with E-state index in [0.29, 0.717) is 21.8 Å². The fraction of sp³-hybridized carbons (Fsp3) is 0.385. The van der Waals surface area contributed by atoms with E-state index in [1.807, 2.05) is 0 Å². The molecule has 0 amide bonds. The molecular formula is C13H13BrFN3O2. The van der Waals surface area contributed by atoms with Crippen molar-refractivity contribution in [2.24, 2.45) is 0 Å². The summed E-state index contributed by atoms with van der Waals surface area (Å²) in [4.78, 5) is 4.36. The Morgan fingerprint density at radius 2 is 2.35 bits per heavy atom. The molecule has 1 N–H and O–H groups in total. The zero-order chi connectivity index (χ0) is 14.1. The quantitative estimate of drug-likeness (QED) is 0.929. The molecule has 1 aromatic heterocycles. The molecule has 0 radical (unpaired) electrons. The highest BCUT2D eigenvalue weighted by Crippen LogP contribution is 2.27. The number of halogens is 2. The summed E-state index contributed by atoms with van der Waals surface area (Å²) in [6, 6.07) is 4.62. The highest BCUT2D eigenvalue weighted by molar-refractivity contribution is 9.10. The van der Waals surface area contributed by atoms with E-state index in [4.69, 9.17) is 9.26 Å². The summed E-state index contributed by atoms with van der Waals surface area (Å²) in [5.41, 5.74) is 0.703. The number of nitrogens with one attached hydrogen (secondary N) is 1. The summed E-state index contributed by atoms with van der Waals surface area (Å²) in [6.45, 7) is 0.765. The van der Waals surface area contributed by atoms with Gasteiger partial charge in [0.05, 0.1) is 16.6 Å². The number of aromatic nitrogens is 2. The van der Waals surface area contributed by atoms with E-state index in [2.05, 4.69) is 31.4 Å². The zero-order valence-corrected chi connectivity index (χ0v) is 12.4. The molecule has 1 fully saturated rings. The predicted molar refractivity (Wildman–Crippen MR) is 73.5 cm³/mol. The SMILES string of the molecule is COC1CNC(c2nc(-c3ccc(F)c(Br)c3)no2)C1. The molecule has 2 aromatic rings. The van der Waals surface area contributed by atoms with Gasteiger partial charge in [0.2, 0.25) is 11.7 Å². The van der Waals surface area contributed by atoms with Crippen LogP contribution in [-0.2, 0) is 4.74 Å². The Morgan fingerprint density at radius 3 is 3.05 bits per heavy atom. The van der Waals surface area contributed by atoms with Gasteiger partial charge in [-0.3, -0.25) is 0 Å². The molecule has 0 spiro atoms. The summed E-state index contributed by atoms with van der Waals surface area (Å²) >= 11 is 3.14. The van der Waals surface area contributed by atoms with Crippen molar-refractivity contribution in [2.45, 2.75) is 18.6 Å². The van der Waals surface area contributed by atoms with E-state index in [1.165, 1.54) is 6.07 Å². The lowest BCUT2D eigenvalue weighted by atomic mass is 10.2. The Morgan fingerprint density at radius 1 is 1.50 bits per heavy atom. The van der Waals surface area contributed by atoms with Gasteiger partial charge in [0.1, 0.15) is 5.82 Å². The standard InChI is InChI=1S/C13H13BrFN3O2/c1-19-8-5-11(16-6-8)13-17-12(18-20-13)7-2-3-10(15)9(14)4-7/h2-4,8,11,16H,5-6H2,1H3. The van der Waals surface area contributed by atoms with E-state index in [0.717, 1.165) is 13.0 Å². The zero-order valence-electron chi connectivity index (χ0n) is 10.8. The number of nitrogens with zero attached hydrogens (tertiary/aromatic N) is 2. The van der Waals surface area contributed by atoms with Crippen molar-refractivity contribution in [1.29, 1.82) is 0 Å². The van der Waals surface area contributed by atoms with Gasteiger partial charge in [0.25, 0.3) is 0 Å². The molecule has 1 aliphatic heterocycles. The number of rotatable bonds is 3. The lowest BCUT2D eigenvalue weighted by Gasteiger charge is -2.04. The number of benzene rings is 1. The Hall–Kier alpha value is -1.31. The average Bonchev–Trinajstić information content (AvgIpc) is 3.09. The summed E-state index contributed by atoms with van der Waals surface area (Å²) in [6.07, 6.45) is 0.959.